The molecule has 0 aliphatic carbocycles. The molecule has 0 saturated carbocycles. The number of hydrogen-bond acceptors (Lipinski definition) is 4. The molecule has 1 atom stereocenters. The van der Waals surface area contributed by atoms with Crippen molar-refractivity contribution in [3.05, 3.63) is 59.7 Å². The summed E-state index contributed by atoms with van der Waals surface area (Å²) in [6, 6.07) is 13.5. The van der Waals surface area contributed by atoms with Crippen molar-refractivity contribution in [1.82, 2.24) is 5.32 Å². The summed E-state index contributed by atoms with van der Waals surface area (Å²) < 4.78 is 29.6. The molecular formula is C19H23NO4S. The third kappa shape index (κ3) is 4.39. The monoisotopic (exact) mass is 361 g/mol. The molecule has 0 aromatic heterocycles. The third-order valence-electron chi connectivity index (χ3n) is 4.08. The van der Waals surface area contributed by atoms with E-state index in [1.165, 1.54) is 6.07 Å². The Morgan fingerprint density at radius 1 is 1.08 bits per heavy atom. The molecule has 2 aromatic rings. The van der Waals surface area contributed by atoms with Crippen LogP contribution in [0, 0.1) is 0 Å². The van der Waals surface area contributed by atoms with Crippen LogP contribution in [0.1, 0.15) is 42.2 Å². The Morgan fingerprint density at radius 3 is 2.28 bits per heavy atom. The lowest BCUT2D eigenvalue weighted by molar-refractivity contribution is 0.0932. The molecule has 0 aliphatic rings. The molecule has 6 heteroatoms. The van der Waals surface area contributed by atoms with Crippen LogP contribution in [0.15, 0.2) is 53.4 Å². The second-order valence-corrected chi connectivity index (χ2v) is 7.85. The van der Waals surface area contributed by atoms with Gasteiger partial charge >= 0.3 is 0 Å². The smallest absolute Gasteiger partial charge is 0.253 e. The zero-order chi connectivity index (χ0) is 18.4. The fraction of sp³-hybridized carbons (Fsp3) is 0.316. The number of hydrogen-bond donors (Lipinski definition) is 1. The highest BCUT2D eigenvalue weighted by molar-refractivity contribution is 7.91. The number of methoxy groups -OCH3 is 1. The number of carbonyl (C=O) groups is 1. The minimum Gasteiger partial charge on any atom is -0.497 e. The van der Waals surface area contributed by atoms with Crippen LogP contribution < -0.4 is 10.1 Å². The second kappa shape index (κ2) is 8.16. The molecule has 134 valence electrons. The van der Waals surface area contributed by atoms with Crippen molar-refractivity contribution in [3.63, 3.8) is 0 Å². The van der Waals surface area contributed by atoms with Crippen LogP contribution in [-0.2, 0) is 9.84 Å². The van der Waals surface area contributed by atoms with Crippen molar-refractivity contribution in [2.45, 2.75) is 31.2 Å². The van der Waals surface area contributed by atoms with Gasteiger partial charge < -0.3 is 10.1 Å². The summed E-state index contributed by atoms with van der Waals surface area (Å²) >= 11 is 0. The van der Waals surface area contributed by atoms with E-state index in [4.69, 9.17) is 4.74 Å². The number of carbonyl (C=O) groups excluding carboxylic acids is 1. The first-order chi connectivity index (χ1) is 11.9. The summed E-state index contributed by atoms with van der Waals surface area (Å²) in [7, 11) is -1.87. The van der Waals surface area contributed by atoms with Crippen molar-refractivity contribution in [2.75, 3.05) is 12.9 Å². The van der Waals surface area contributed by atoms with Gasteiger partial charge in [-0.25, -0.2) is 8.42 Å². The number of amides is 1. The summed E-state index contributed by atoms with van der Waals surface area (Å²) in [4.78, 5) is 12.8. The molecule has 2 aromatic carbocycles. The summed E-state index contributed by atoms with van der Waals surface area (Å²) in [5, 5.41) is 2.93. The molecule has 5 nitrogen and oxygen atoms in total. The van der Waals surface area contributed by atoms with Gasteiger partial charge in [-0.15, -0.1) is 0 Å². The molecule has 0 radical (unpaired) electrons. The third-order valence-corrected chi connectivity index (χ3v) is 5.86. The Labute approximate surface area is 148 Å². The molecule has 2 rings (SSSR count). The molecule has 1 N–H and O–H groups in total. The van der Waals surface area contributed by atoms with Gasteiger partial charge in [-0.2, -0.15) is 0 Å². The molecule has 0 aliphatic heterocycles. The van der Waals surface area contributed by atoms with Gasteiger partial charge in [0.05, 0.1) is 29.4 Å². The summed E-state index contributed by atoms with van der Waals surface area (Å²) in [6.45, 7) is 3.53. The van der Waals surface area contributed by atoms with E-state index in [-0.39, 0.29) is 22.3 Å². The Bertz CT molecular complexity index is 829. The van der Waals surface area contributed by atoms with Crippen molar-refractivity contribution in [2.24, 2.45) is 0 Å². The molecule has 0 spiro atoms. The maximum absolute atomic E-state index is 12.7. The first-order valence-corrected chi connectivity index (χ1v) is 9.84. The van der Waals surface area contributed by atoms with Gasteiger partial charge in [-0.05, 0) is 36.2 Å². The highest BCUT2D eigenvalue weighted by Crippen LogP contribution is 2.22. The average molecular weight is 361 g/mol. The Balaban J connectivity index is 2.28. The van der Waals surface area contributed by atoms with Gasteiger partial charge in [0.15, 0.2) is 9.84 Å². The molecule has 0 unspecified atom stereocenters. The number of nitrogens with one attached hydrogen (secondary N) is 1. The fourth-order valence-electron chi connectivity index (χ4n) is 2.57. The normalized spacial score (nSPS) is 12.4. The quantitative estimate of drug-likeness (QED) is 0.821. The van der Waals surface area contributed by atoms with E-state index in [0.717, 1.165) is 11.3 Å². The highest BCUT2D eigenvalue weighted by Gasteiger charge is 2.22. The fourth-order valence-corrected chi connectivity index (χ4v) is 3.67. The number of ether oxygens (including phenoxy) is 1. The first-order valence-electron chi connectivity index (χ1n) is 8.19. The van der Waals surface area contributed by atoms with Gasteiger partial charge in [0.1, 0.15) is 5.75 Å². The van der Waals surface area contributed by atoms with Gasteiger partial charge in [0, 0.05) is 0 Å². The maximum Gasteiger partial charge on any atom is 0.253 e. The molecule has 0 fully saturated rings. The van der Waals surface area contributed by atoms with Crippen LogP contribution in [0.5, 0.6) is 5.75 Å². The lowest BCUT2D eigenvalue weighted by atomic mass is 10.0. The molecule has 0 heterocycles. The zero-order valence-corrected chi connectivity index (χ0v) is 15.5. The lowest BCUT2D eigenvalue weighted by Gasteiger charge is -2.19. The van der Waals surface area contributed by atoms with E-state index in [1.807, 2.05) is 31.2 Å². The average Bonchev–Trinajstić information content (AvgIpc) is 2.66. The van der Waals surface area contributed by atoms with E-state index in [2.05, 4.69) is 5.32 Å². The summed E-state index contributed by atoms with van der Waals surface area (Å²) in [6.07, 6.45) is 0.681. The molecule has 0 saturated heterocycles. The van der Waals surface area contributed by atoms with Gasteiger partial charge in [-0.3, -0.25) is 4.79 Å². The Hall–Kier alpha value is -2.34. The topological polar surface area (TPSA) is 72.5 Å². The Morgan fingerprint density at radius 2 is 1.72 bits per heavy atom. The predicted molar refractivity (Wildman–Crippen MR) is 97.7 cm³/mol. The van der Waals surface area contributed by atoms with Gasteiger partial charge in [0.2, 0.25) is 0 Å². The van der Waals surface area contributed by atoms with E-state index in [1.54, 1.807) is 32.2 Å². The van der Waals surface area contributed by atoms with Crippen molar-refractivity contribution < 1.29 is 17.9 Å². The molecule has 1 amide bonds. The van der Waals surface area contributed by atoms with E-state index in [9.17, 15) is 13.2 Å². The SMILES string of the molecule is CC[C@H](NC(=O)c1ccccc1S(=O)(=O)CC)c1ccc(OC)cc1. The van der Waals surface area contributed by atoms with E-state index < -0.39 is 15.7 Å². The van der Waals surface area contributed by atoms with Crippen LogP contribution in [-0.4, -0.2) is 27.2 Å². The minimum atomic E-state index is -3.47. The largest absolute Gasteiger partial charge is 0.497 e. The summed E-state index contributed by atoms with van der Waals surface area (Å²) in [5.41, 5.74) is 1.11. The maximum atomic E-state index is 12.7. The molecule has 25 heavy (non-hydrogen) atoms. The number of rotatable bonds is 7. The molecular weight excluding hydrogens is 338 g/mol. The Kier molecular flexibility index (Phi) is 6.20. The van der Waals surface area contributed by atoms with Crippen molar-refractivity contribution in [1.29, 1.82) is 0 Å². The minimum absolute atomic E-state index is 0.0486. The number of sulfone groups is 1. The van der Waals surface area contributed by atoms with E-state index >= 15 is 0 Å². The first kappa shape index (κ1) is 19.0. The van der Waals surface area contributed by atoms with Crippen LogP contribution in [0.4, 0.5) is 0 Å². The number of benzene rings is 2. The molecule has 0 bridgehead atoms. The summed E-state index contributed by atoms with van der Waals surface area (Å²) in [5.74, 6) is 0.298. The van der Waals surface area contributed by atoms with E-state index in [0.29, 0.717) is 6.42 Å². The van der Waals surface area contributed by atoms with Gasteiger partial charge in [-0.1, -0.05) is 38.1 Å². The second-order valence-electron chi connectivity index (χ2n) is 5.61. The standard InChI is InChI=1S/C19H23NO4S/c1-4-17(14-10-12-15(24-3)13-11-14)20-19(21)16-8-6-7-9-18(16)25(22,23)5-2/h6-13,17H,4-5H2,1-3H3,(H,20,21)/t17-/m0/s1. The zero-order valence-electron chi connectivity index (χ0n) is 14.7. The van der Waals surface area contributed by atoms with Crippen molar-refractivity contribution in [3.8, 4) is 5.75 Å². The van der Waals surface area contributed by atoms with Crippen LogP contribution in [0.2, 0.25) is 0 Å². The van der Waals surface area contributed by atoms with Crippen molar-refractivity contribution >= 4 is 15.7 Å². The van der Waals surface area contributed by atoms with Gasteiger partial charge in [0.25, 0.3) is 5.91 Å². The van der Waals surface area contributed by atoms with Crippen LogP contribution >= 0.6 is 0 Å². The lowest BCUT2D eigenvalue weighted by Crippen LogP contribution is -2.29. The predicted octanol–water partition coefficient (Wildman–Crippen LogP) is 3.37. The van der Waals surface area contributed by atoms with Crippen LogP contribution in [0.3, 0.4) is 0 Å². The highest BCUT2D eigenvalue weighted by atomic mass is 32.2. The van der Waals surface area contributed by atoms with Crippen LogP contribution in [0.25, 0.3) is 0 Å².